The van der Waals surface area contributed by atoms with E-state index in [2.05, 4.69) is 31.9 Å². The lowest BCUT2D eigenvalue weighted by molar-refractivity contribution is -0.165. The number of ether oxygens (including phenoxy) is 2. The zero-order valence-electron chi connectivity index (χ0n) is 33.5. The van der Waals surface area contributed by atoms with Crippen molar-refractivity contribution in [3.63, 3.8) is 0 Å². The first-order chi connectivity index (χ1) is 27.6. The fourth-order valence-electron chi connectivity index (χ4n) is 9.16. The highest BCUT2D eigenvalue weighted by Gasteiger charge is 2.76. The molecule has 3 saturated heterocycles. The number of esters is 1. The summed E-state index contributed by atoms with van der Waals surface area (Å²) >= 11 is 0. The Kier molecular flexibility index (Phi) is 13.0. The van der Waals surface area contributed by atoms with Gasteiger partial charge in [-0.1, -0.05) is 72.8 Å². The molecule has 2 bridgehead atoms. The third kappa shape index (κ3) is 7.75. The molecule has 11 heteroatoms. The molecule has 3 fully saturated rings. The van der Waals surface area contributed by atoms with Crippen molar-refractivity contribution in [1.29, 1.82) is 0 Å². The number of hydrogen-bond donors (Lipinski definition) is 1. The van der Waals surface area contributed by atoms with Crippen molar-refractivity contribution in [3.8, 4) is 0 Å². The summed E-state index contributed by atoms with van der Waals surface area (Å²) in [4.78, 5) is 65.1. The van der Waals surface area contributed by atoms with Crippen LogP contribution in [0.2, 0.25) is 0 Å². The maximum absolute atomic E-state index is 15.3. The van der Waals surface area contributed by atoms with E-state index in [0.29, 0.717) is 36.1 Å². The van der Waals surface area contributed by atoms with Gasteiger partial charge in [0, 0.05) is 44.5 Å². The first-order valence-corrected chi connectivity index (χ1v) is 20.1. The highest BCUT2D eigenvalue weighted by molar-refractivity contribution is 6.05. The van der Waals surface area contributed by atoms with Gasteiger partial charge in [0.1, 0.15) is 17.7 Å². The highest BCUT2D eigenvalue weighted by atomic mass is 16.6. The Labute approximate surface area is 336 Å². The molecule has 3 heterocycles. The van der Waals surface area contributed by atoms with Crippen molar-refractivity contribution in [1.82, 2.24) is 9.80 Å². The van der Waals surface area contributed by atoms with Crippen molar-refractivity contribution in [2.45, 2.75) is 82.4 Å². The Morgan fingerprint density at radius 2 is 1.56 bits per heavy atom. The van der Waals surface area contributed by atoms with Gasteiger partial charge in [-0.25, -0.2) is 0 Å². The number of rotatable bonds is 18. The maximum Gasteiger partial charge on any atom is 0.313 e. The molecule has 1 N–H and O–H groups in total. The van der Waals surface area contributed by atoms with E-state index in [1.165, 1.54) is 4.90 Å². The summed E-state index contributed by atoms with van der Waals surface area (Å²) < 4.78 is 13.2. The van der Waals surface area contributed by atoms with Gasteiger partial charge >= 0.3 is 5.97 Å². The summed E-state index contributed by atoms with van der Waals surface area (Å²) in [5, 5.41) is 11.0. The van der Waals surface area contributed by atoms with E-state index in [1.807, 2.05) is 91.9 Å². The molecule has 57 heavy (non-hydrogen) atoms. The van der Waals surface area contributed by atoms with Gasteiger partial charge in [-0.05, 0) is 75.4 Å². The molecule has 3 aromatic rings. The molecule has 3 aromatic carbocycles. The predicted molar refractivity (Wildman–Crippen MR) is 220 cm³/mol. The Bertz CT molecular complexity index is 1900. The number of benzene rings is 3. The van der Waals surface area contributed by atoms with Gasteiger partial charge in [0.2, 0.25) is 11.8 Å². The topological polar surface area (TPSA) is 120 Å². The molecule has 0 radical (unpaired) electrons. The molecule has 8 atom stereocenters. The summed E-state index contributed by atoms with van der Waals surface area (Å²) in [5.74, 6) is -3.66. The molecule has 3 aliphatic heterocycles. The quantitative estimate of drug-likeness (QED) is 0.119. The van der Waals surface area contributed by atoms with Crippen LogP contribution in [0.3, 0.4) is 0 Å². The zero-order chi connectivity index (χ0) is 40.9. The first-order valence-electron chi connectivity index (χ1n) is 20.1. The van der Waals surface area contributed by atoms with Crippen LogP contribution in [0.4, 0.5) is 11.4 Å². The predicted octanol–water partition coefficient (Wildman–Crippen LogP) is 6.26. The fourth-order valence-corrected chi connectivity index (χ4v) is 9.16. The lowest BCUT2D eigenvalue weighted by Gasteiger charge is -2.39. The molecular formula is C46H56N4O7. The Morgan fingerprint density at radius 3 is 2.14 bits per heavy atom. The van der Waals surface area contributed by atoms with Crippen LogP contribution in [-0.2, 0) is 28.7 Å². The number of nitrogens with zero attached hydrogens (tertiary/aromatic N) is 4. The number of anilines is 2. The van der Waals surface area contributed by atoms with Gasteiger partial charge < -0.3 is 34.2 Å². The van der Waals surface area contributed by atoms with Crippen LogP contribution in [0, 0.1) is 11.8 Å². The van der Waals surface area contributed by atoms with Crippen LogP contribution < -0.4 is 9.80 Å². The first kappa shape index (κ1) is 41.4. The van der Waals surface area contributed by atoms with Crippen LogP contribution in [0.15, 0.2) is 110 Å². The van der Waals surface area contributed by atoms with Gasteiger partial charge in [-0.3, -0.25) is 19.2 Å². The number of fused-ring (bicyclic) bond motifs is 1. The molecule has 11 nitrogen and oxygen atoms in total. The summed E-state index contributed by atoms with van der Waals surface area (Å²) in [7, 11) is 1.69. The number of carbonyl (C=O) groups excluding carboxylic acids is 4. The molecule has 302 valence electrons. The molecule has 3 aliphatic rings. The minimum Gasteiger partial charge on any atom is -0.455 e. The van der Waals surface area contributed by atoms with Crippen molar-refractivity contribution in [3.05, 3.63) is 121 Å². The number of likely N-dealkylation sites (tertiary alicyclic amines) is 1. The lowest BCUT2D eigenvalue weighted by atomic mass is 9.70. The summed E-state index contributed by atoms with van der Waals surface area (Å²) in [6, 6.07) is 23.5. The molecule has 0 saturated carbocycles. The SMILES string of the molecule is C=CCCC(=O)N(C)[C@H](C)[C@H](OC(=O)[C@@H]1[C@H]2C(=O)N([C@H](CO)c3ccccc3)[C@H](C(=O)N(CC=C)c3ccc(N(CC)CC)cc3)[C@]23CC[C@H]1O3)c1ccccc1. The van der Waals surface area contributed by atoms with Crippen LogP contribution in [0.5, 0.6) is 0 Å². The Morgan fingerprint density at radius 1 is 0.947 bits per heavy atom. The van der Waals surface area contributed by atoms with Crippen LogP contribution in [-0.4, -0.2) is 95.7 Å². The number of aliphatic hydroxyl groups excluding tert-OH is 1. The van der Waals surface area contributed by atoms with Crippen molar-refractivity contribution in [2.75, 3.05) is 43.1 Å². The van der Waals surface area contributed by atoms with E-state index < -0.39 is 66.3 Å². The summed E-state index contributed by atoms with van der Waals surface area (Å²) in [6.45, 7) is 15.0. The largest absolute Gasteiger partial charge is 0.455 e. The average Bonchev–Trinajstić information content (AvgIpc) is 3.89. The van der Waals surface area contributed by atoms with Crippen LogP contribution >= 0.6 is 0 Å². The minimum absolute atomic E-state index is 0.118. The van der Waals surface area contributed by atoms with E-state index in [-0.39, 0.29) is 24.8 Å². The van der Waals surface area contributed by atoms with Gasteiger partial charge in [0.25, 0.3) is 5.91 Å². The average molecular weight is 777 g/mol. The minimum atomic E-state index is -1.36. The van der Waals surface area contributed by atoms with Crippen molar-refractivity contribution < 1.29 is 33.8 Å². The lowest BCUT2D eigenvalue weighted by Crippen LogP contribution is -2.57. The molecule has 0 aliphatic carbocycles. The van der Waals surface area contributed by atoms with E-state index in [4.69, 9.17) is 9.47 Å². The standard InChI is InChI=1S/C46H56N4O7/c1-7-11-22-38(52)47(6)31(5)41(33-20-16-13-17-21-33)56-45(55)39-37-27-28-46(57-37)40(39)43(53)50(36(30-51)32-18-14-12-15-19-32)42(46)44(54)49(29-8-2)35-25-23-34(24-26-35)48(9-3)10-4/h7-8,12-21,23-26,31,36-37,39-42,51H,1-2,9-11,22,27-30H2,3-6H3/t31-,36-,37-,39+,40+,41+,42-,46+/m1/s1. The number of hydrogen-bond acceptors (Lipinski definition) is 8. The third-order valence-corrected chi connectivity index (χ3v) is 12.2. The number of aliphatic hydroxyl groups is 1. The van der Waals surface area contributed by atoms with E-state index in [0.717, 1.165) is 18.8 Å². The molecule has 3 amide bonds. The molecule has 0 unspecified atom stereocenters. The monoisotopic (exact) mass is 776 g/mol. The second kappa shape index (κ2) is 17.9. The van der Waals surface area contributed by atoms with E-state index >= 15 is 9.59 Å². The summed E-state index contributed by atoms with van der Waals surface area (Å²) in [5.41, 5.74) is 1.63. The molecule has 0 aromatic heterocycles. The number of carbonyl (C=O) groups is 4. The van der Waals surface area contributed by atoms with Gasteiger partial charge in [0.05, 0.1) is 36.6 Å². The van der Waals surface area contributed by atoms with Crippen molar-refractivity contribution in [2.24, 2.45) is 11.8 Å². The second-order valence-electron chi connectivity index (χ2n) is 15.2. The zero-order valence-corrected chi connectivity index (χ0v) is 33.5. The van der Waals surface area contributed by atoms with Gasteiger partial charge in [-0.15, -0.1) is 13.2 Å². The number of allylic oxidation sites excluding steroid dienone is 1. The van der Waals surface area contributed by atoms with Gasteiger partial charge in [0.15, 0.2) is 0 Å². The third-order valence-electron chi connectivity index (χ3n) is 12.2. The smallest absolute Gasteiger partial charge is 0.313 e. The summed E-state index contributed by atoms with van der Waals surface area (Å²) in [6.07, 6.45) is 3.37. The fraction of sp³-hybridized carbons (Fsp3) is 0.435. The maximum atomic E-state index is 15.3. The normalized spacial score (nSPS) is 23.6. The van der Waals surface area contributed by atoms with Crippen molar-refractivity contribution >= 4 is 35.1 Å². The van der Waals surface area contributed by atoms with E-state index in [9.17, 15) is 14.7 Å². The highest BCUT2D eigenvalue weighted by Crippen LogP contribution is 2.60. The second-order valence-corrected chi connectivity index (χ2v) is 15.2. The van der Waals surface area contributed by atoms with E-state index in [1.54, 1.807) is 29.0 Å². The van der Waals surface area contributed by atoms with Crippen LogP contribution in [0.1, 0.15) is 69.7 Å². The van der Waals surface area contributed by atoms with Gasteiger partial charge in [-0.2, -0.15) is 0 Å². The Hall–Kier alpha value is -5.26. The molecular weight excluding hydrogens is 721 g/mol. The van der Waals surface area contributed by atoms with Crippen LogP contribution in [0.25, 0.3) is 0 Å². The number of amides is 3. The molecule has 6 rings (SSSR count). The Balaban J connectivity index is 1.39. The number of likely N-dealkylation sites (N-methyl/N-ethyl adjacent to an activating group) is 1. The molecule has 1 spiro atoms.